The molecule has 0 amide bonds. The number of halogens is 2. The second kappa shape index (κ2) is 5.92. The van der Waals surface area contributed by atoms with Crippen LogP contribution in [0, 0.1) is 6.42 Å². The van der Waals surface area contributed by atoms with Crippen LogP contribution >= 0.6 is 27.5 Å². The highest BCUT2D eigenvalue weighted by Gasteiger charge is 2.26. The summed E-state index contributed by atoms with van der Waals surface area (Å²) in [6.45, 7) is 1.95. The Kier molecular flexibility index (Phi) is 4.20. The Balaban J connectivity index is 1.92. The quantitative estimate of drug-likeness (QED) is 0.805. The van der Waals surface area contributed by atoms with Crippen molar-refractivity contribution < 1.29 is 4.74 Å². The van der Waals surface area contributed by atoms with Crippen molar-refractivity contribution >= 4 is 33.1 Å². The number of hydrogen-bond acceptors (Lipinski definition) is 2. The molecule has 0 N–H and O–H groups in total. The molecule has 1 aliphatic heterocycles. The number of nitrogens with zero attached hydrogens (tertiary/aromatic N) is 1. The topological polar surface area (TPSA) is 12.5 Å². The number of allylic oxidation sites excluding steroid dienone is 4. The van der Waals surface area contributed by atoms with E-state index in [0.717, 1.165) is 45.9 Å². The van der Waals surface area contributed by atoms with Crippen molar-refractivity contribution in [3.05, 3.63) is 51.8 Å². The van der Waals surface area contributed by atoms with Crippen molar-refractivity contribution in [3.63, 3.8) is 0 Å². The van der Waals surface area contributed by atoms with E-state index in [4.69, 9.17) is 16.3 Å². The summed E-state index contributed by atoms with van der Waals surface area (Å²) in [7, 11) is 2.10. The van der Waals surface area contributed by atoms with Crippen molar-refractivity contribution in [2.24, 2.45) is 0 Å². The first kappa shape index (κ1) is 14.2. The van der Waals surface area contributed by atoms with Gasteiger partial charge in [-0.1, -0.05) is 33.6 Å². The van der Waals surface area contributed by atoms with E-state index in [2.05, 4.69) is 46.4 Å². The minimum atomic E-state index is 0.270. The van der Waals surface area contributed by atoms with Gasteiger partial charge in [-0.3, -0.25) is 4.90 Å². The van der Waals surface area contributed by atoms with Crippen LogP contribution in [0.3, 0.4) is 0 Å². The average Bonchev–Trinajstić information content (AvgIpc) is 2.38. The Morgan fingerprint density at radius 3 is 2.85 bits per heavy atom. The maximum atomic E-state index is 6.32. The highest BCUT2D eigenvalue weighted by atomic mass is 79.9. The summed E-state index contributed by atoms with van der Waals surface area (Å²) in [5, 5.41) is 0.772. The standard InChI is InChI=1S/C16H16BrClNO/c1-19-9-12(10-19)20-16-8-11(17)6-7-14(16)13-4-2-3-5-15(13)18/h3-8,12H,2,9-10H2,1H3. The predicted molar refractivity (Wildman–Crippen MR) is 86.9 cm³/mol. The molecule has 1 radical (unpaired) electrons. The molecular formula is C16H16BrClNO. The van der Waals surface area contributed by atoms with Crippen LogP contribution in [0.1, 0.15) is 12.0 Å². The first-order chi connectivity index (χ1) is 9.63. The highest BCUT2D eigenvalue weighted by Crippen LogP contribution is 2.37. The highest BCUT2D eigenvalue weighted by molar-refractivity contribution is 9.10. The molecule has 0 spiro atoms. The average molecular weight is 354 g/mol. The van der Waals surface area contributed by atoms with Crippen molar-refractivity contribution in [3.8, 4) is 5.75 Å². The van der Waals surface area contributed by atoms with Gasteiger partial charge in [0.25, 0.3) is 0 Å². The molecule has 0 aromatic heterocycles. The third kappa shape index (κ3) is 2.95. The SMILES string of the molecule is CN1CC(Oc2cc(Br)ccc2C2=C(Cl)C=CC[CH]2)C1. The van der Waals surface area contributed by atoms with Gasteiger partial charge in [0, 0.05) is 28.2 Å². The zero-order valence-electron chi connectivity index (χ0n) is 11.3. The Morgan fingerprint density at radius 2 is 2.15 bits per heavy atom. The summed E-state index contributed by atoms with van der Waals surface area (Å²) < 4.78 is 7.15. The molecule has 1 aromatic carbocycles. The molecule has 0 unspecified atom stereocenters. The van der Waals surface area contributed by atoms with Crippen molar-refractivity contribution in [1.29, 1.82) is 0 Å². The first-order valence-corrected chi connectivity index (χ1v) is 7.85. The van der Waals surface area contributed by atoms with Crippen LogP contribution in [0.2, 0.25) is 0 Å². The molecule has 1 heterocycles. The largest absolute Gasteiger partial charge is 0.487 e. The van der Waals surface area contributed by atoms with Crippen LogP contribution < -0.4 is 4.74 Å². The number of likely N-dealkylation sites (tertiary alicyclic amines) is 1. The Hall–Kier alpha value is -0.770. The number of rotatable bonds is 3. The Morgan fingerprint density at radius 1 is 1.35 bits per heavy atom. The molecule has 1 aliphatic carbocycles. The summed E-state index contributed by atoms with van der Waals surface area (Å²) in [6, 6.07) is 6.12. The van der Waals surface area contributed by atoms with Gasteiger partial charge >= 0.3 is 0 Å². The van der Waals surface area contributed by atoms with Gasteiger partial charge < -0.3 is 4.74 Å². The van der Waals surface area contributed by atoms with Crippen LogP contribution in [-0.4, -0.2) is 31.1 Å². The summed E-state index contributed by atoms with van der Waals surface area (Å²) in [6.07, 6.45) is 7.34. The van der Waals surface area contributed by atoms with Crippen molar-refractivity contribution in [2.45, 2.75) is 12.5 Å². The van der Waals surface area contributed by atoms with E-state index < -0.39 is 0 Å². The van der Waals surface area contributed by atoms with Gasteiger partial charge in [0.2, 0.25) is 0 Å². The molecule has 3 rings (SSSR count). The molecule has 1 fully saturated rings. The second-order valence-electron chi connectivity index (χ2n) is 5.21. The van der Waals surface area contributed by atoms with E-state index in [1.807, 2.05) is 18.2 Å². The molecule has 0 saturated carbocycles. The molecular weight excluding hydrogens is 338 g/mol. The Labute approximate surface area is 133 Å². The van der Waals surface area contributed by atoms with Crippen molar-refractivity contribution in [1.82, 2.24) is 4.90 Å². The van der Waals surface area contributed by atoms with Gasteiger partial charge in [-0.05, 0) is 49.7 Å². The maximum absolute atomic E-state index is 6.32. The predicted octanol–water partition coefficient (Wildman–Crippen LogP) is 4.26. The Bertz CT molecular complexity index is 576. The molecule has 4 heteroatoms. The molecule has 1 saturated heterocycles. The smallest absolute Gasteiger partial charge is 0.128 e. The summed E-state index contributed by atoms with van der Waals surface area (Å²) in [5.41, 5.74) is 2.13. The van der Waals surface area contributed by atoms with Crippen LogP contribution in [-0.2, 0) is 0 Å². The molecule has 105 valence electrons. The van der Waals surface area contributed by atoms with Crippen LogP contribution in [0.4, 0.5) is 0 Å². The number of likely N-dealkylation sites (N-methyl/N-ethyl adjacent to an activating group) is 1. The molecule has 1 aromatic rings. The number of hydrogen-bond donors (Lipinski definition) is 0. The van der Waals surface area contributed by atoms with Crippen LogP contribution in [0.5, 0.6) is 5.75 Å². The maximum Gasteiger partial charge on any atom is 0.128 e. The fourth-order valence-corrected chi connectivity index (χ4v) is 3.10. The monoisotopic (exact) mass is 352 g/mol. The summed E-state index contributed by atoms with van der Waals surface area (Å²) in [4.78, 5) is 2.24. The lowest BCUT2D eigenvalue weighted by Gasteiger charge is -2.36. The molecule has 2 nitrogen and oxygen atoms in total. The van der Waals surface area contributed by atoms with E-state index in [1.54, 1.807) is 0 Å². The molecule has 0 atom stereocenters. The number of benzene rings is 1. The summed E-state index contributed by atoms with van der Waals surface area (Å²) >= 11 is 9.84. The molecule has 0 bridgehead atoms. The van der Waals surface area contributed by atoms with E-state index >= 15 is 0 Å². The molecule has 20 heavy (non-hydrogen) atoms. The third-order valence-corrected chi connectivity index (χ3v) is 4.36. The van der Waals surface area contributed by atoms with E-state index in [1.165, 1.54) is 0 Å². The first-order valence-electron chi connectivity index (χ1n) is 6.68. The molecule has 2 aliphatic rings. The zero-order valence-corrected chi connectivity index (χ0v) is 13.6. The third-order valence-electron chi connectivity index (χ3n) is 3.54. The minimum absolute atomic E-state index is 0.270. The van der Waals surface area contributed by atoms with E-state index in [-0.39, 0.29) is 6.10 Å². The van der Waals surface area contributed by atoms with E-state index in [9.17, 15) is 0 Å². The normalized spacial score (nSPS) is 20.1. The zero-order chi connectivity index (χ0) is 14.1. The van der Waals surface area contributed by atoms with Crippen LogP contribution in [0.25, 0.3) is 5.57 Å². The lowest BCUT2D eigenvalue weighted by molar-refractivity contribution is 0.0386. The van der Waals surface area contributed by atoms with Gasteiger partial charge in [0.05, 0.1) is 0 Å². The van der Waals surface area contributed by atoms with Gasteiger partial charge in [0.15, 0.2) is 0 Å². The number of ether oxygens (including phenoxy) is 1. The van der Waals surface area contributed by atoms with E-state index in [0.29, 0.717) is 0 Å². The van der Waals surface area contributed by atoms with Gasteiger partial charge in [-0.25, -0.2) is 0 Å². The van der Waals surface area contributed by atoms with Crippen LogP contribution in [0.15, 0.2) is 39.9 Å². The second-order valence-corrected chi connectivity index (χ2v) is 6.53. The summed E-state index contributed by atoms with van der Waals surface area (Å²) in [5.74, 6) is 0.900. The van der Waals surface area contributed by atoms with Crippen molar-refractivity contribution in [2.75, 3.05) is 20.1 Å². The fourth-order valence-electron chi connectivity index (χ4n) is 2.50. The lowest BCUT2D eigenvalue weighted by Crippen LogP contribution is -2.51. The van der Waals surface area contributed by atoms with Gasteiger partial charge in [-0.2, -0.15) is 0 Å². The fraction of sp³-hybridized carbons (Fsp3) is 0.312. The van der Waals surface area contributed by atoms with Gasteiger partial charge in [-0.15, -0.1) is 0 Å². The lowest BCUT2D eigenvalue weighted by atomic mass is 9.96. The van der Waals surface area contributed by atoms with Gasteiger partial charge in [0.1, 0.15) is 11.9 Å². The minimum Gasteiger partial charge on any atom is -0.487 e.